The molecular formula is C18H21N9O5S2. The van der Waals surface area contributed by atoms with Crippen molar-refractivity contribution >= 4 is 52.7 Å². The number of amides is 2. The lowest BCUT2D eigenvalue weighted by molar-refractivity contribution is -0.158. The zero-order valence-corrected chi connectivity index (χ0v) is 19.7. The molecule has 16 heteroatoms. The van der Waals surface area contributed by atoms with E-state index in [1.807, 2.05) is 0 Å². The Bertz CT molecular complexity index is 1130. The zero-order chi connectivity index (χ0) is 24.5. The smallest absolute Gasteiger partial charge is 0.313 e. The molecule has 2 saturated heterocycles. The molecule has 0 spiro atoms. The molecule has 2 aromatic rings. The van der Waals surface area contributed by atoms with Crippen molar-refractivity contribution in [2.24, 2.45) is 10.6 Å². The van der Waals surface area contributed by atoms with E-state index in [0.717, 1.165) is 0 Å². The second-order valence-electron chi connectivity index (χ2n) is 7.64. The number of nitrogens with one attached hydrogen (secondary N) is 2. The third-order valence-corrected chi connectivity index (χ3v) is 8.39. The summed E-state index contributed by atoms with van der Waals surface area (Å²) in [5.41, 5.74) is 4.98. The summed E-state index contributed by atoms with van der Waals surface area (Å²) in [6.07, 6.45) is 1.43. The van der Waals surface area contributed by atoms with E-state index >= 15 is 0 Å². The average Bonchev–Trinajstić information content (AvgIpc) is 3.33. The Morgan fingerprint density at radius 3 is 2.97 bits per heavy atom. The fraction of sp³-hybridized carbons (Fsp3) is 0.444. The maximum Gasteiger partial charge on any atom is 0.313 e. The van der Waals surface area contributed by atoms with Crippen LogP contribution in [0.5, 0.6) is 0 Å². The van der Waals surface area contributed by atoms with Crippen LogP contribution in [0, 0.1) is 5.41 Å². The number of nitrogens with zero attached hydrogens (tertiary/aromatic N) is 6. The lowest BCUT2D eigenvalue weighted by Gasteiger charge is -2.54. The first-order chi connectivity index (χ1) is 16.3. The number of aromatic amines is 1. The number of nitrogens with two attached hydrogens (primary N) is 1. The number of hydrogen-bond donors (Lipinski definition) is 4. The van der Waals surface area contributed by atoms with E-state index < -0.39 is 34.0 Å². The van der Waals surface area contributed by atoms with Crippen LogP contribution in [0.1, 0.15) is 12.6 Å². The van der Waals surface area contributed by atoms with E-state index in [2.05, 4.69) is 36.1 Å². The number of tetrazole rings is 1. The van der Waals surface area contributed by atoms with Crippen LogP contribution in [-0.2, 0) is 19.2 Å². The van der Waals surface area contributed by atoms with Crippen molar-refractivity contribution in [1.29, 1.82) is 0 Å². The monoisotopic (exact) mass is 507 g/mol. The Labute approximate surface area is 201 Å². The number of oxime groups is 1. The molecule has 0 radical (unpaired) electrons. The number of thioether (sulfide) groups is 2. The molecule has 2 fully saturated rings. The fourth-order valence-electron chi connectivity index (χ4n) is 3.71. The number of aliphatic carboxylic acids is 1. The summed E-state index contributed by atoms with van der Waals surface area (Å²) in [5, 5.41) is 29.4. The number of aromatic nitrogens is 5. The predicted molar refractivity (Wildman–Crippen MR) is 122 cm³/mol. The highest BCUT2D eigenvalue weighted by Crippen LogP contribution is 2.47. The minimum Gasteiger partial charge on any atom is -0.481 e. The number of fused-ring (bicyclic) bond motifs is 1. The molecule has 3 unspecified atom stereocenters. The number of β-lactam (4-membered cyclic amide) rings is 1. The van der Waals surface area contributed by atoms with Crippen molar-refractivity contribution in [3.63, 3.8) is 0 Å². The topological polar surface area (TPSA) is 202 Å². The maximum atomic E-state index is 12.9. The number of carboxylic acids is 1. The van der Waals surface area contributed by atoms with Crippen molar-refractivity contribution in [2.45, 2.75) is 28.7 Å². The first-order valence-corrected chi connectivity index (χ1v) is 11.9. The molecule has 0 saturated carbocycles. The van der Waals surface area contributed by atoms with Gasteiger partial charge in [0.05, 0.1) is 5.69 Å². The van der Waals surface area contributed by atoms with Crippen LogP contribution < -0.4 is 11.1 Å². The number of hydrogen-bond acceptors (Lipinski definition) is 12. The average molecular weight is 508 g/mol. The van der Waals surface area contributed by atoms with Crippen LogP contribution in [0.3, 0.4) is 0 Å². The summed E-state index contributed by atoms with van der Waals surface area (Å²) in [6.45, 7) is 1.76. The molecule has 2 aliphatic rings. The first-order valence-electron chi connectivity index (χ1n) is 9.96. The third kappa shape index (κ3) is 4.25. The van der Waals surface area contributed by atoms with E-state index in [9.17, 15) is 19.5 Å². The molecule has 0 bridgehead atoms. The molecular weight excluding hydrogens is 486 g/mol. The van der Waals surface area contributed by atoms with Gasteiger partial charge < -0.3 is 25.9 Å². The van der Waals surface area contributed by atoms with E-state index in [4.69, 9.17) is 10.6 Å². The van der Waals surface area contributed by atoms with Crippen molar-refractivity contribution in [1.82, 2.24) is 35.8 Å². The van der Waals surface area contributed by atoms with Gasteiger partial charge in [0, 0.05) is 29.4 Å². The Hall–Kier alpha value is -3.40. The van der Waals surface area contributed by atoms with Gasteiger partial charge in [0.25, 0.3) is 5.91 Å². The Morgan fingerprint density at radius 2 is 2.32 bits per heavy atom. The summed E-state index contributed by atoms with van der Waals surface area (Å²) in [7, 11) is 1.28. The van der Waals surface area contributed by atoms with Gasteiger partial charge in [0.2, 0.25) is 11.1 Å². The summed E-state index contributed by atoms with van der Waals surface area (Å²) in [4.78, 5) is 48.4. The van der Waals surface area contributed by atoms with Crippen LogP contribution >= 0.6 is 23.5 Å². The highest BCUT2D eigenvalue weighted by atomic mass is 32.2. The summed E-state index contributed by atoms with van der Waals surface area (Å²) in [5.74, 6) is -1.83. The van der Waals surface area contributed by atoms with Gasteiger partial charge in [0.15, 0.2) is 5.71 Å². The van der Waals surface area contributed by atoms with Gasteiger partial charge >= 0.3 is 5.97 Å². The van der Waals surface area contributed by atoms with Gasteiger partial charge in [-0.2, -0.15) is 0 Å². The molecule has 14 nitrogen and oxygen atoms in total. The minimum atomic E-state index is -1.22. The molecule has 4 atom stereocenters. The number of pyridine rings is 1. The summed E-state index contributed by atoms with van der Waals surface area (Å²) < 4.78 is 0. The molecule has 4 heterocycles. The molecule has 34 heavy (non-hydrogen) atoms. The number of carbonyl (C=O) groups excluding carboxylic acids is 2. The van der Waals surface area contributed by atoms with Crippen molar-refractivity contribution in [3.05, 3.63) is 24.0 Å². The van der Waals surface area contributed by atoms with Crippen molar-refractivity contribution in [3.8, 4) is 0 Å². The molecule has 4 rings (SSSR count). The van der Waals surface area contributed by atoms with Gasteiger partial charge in [-0.3, -0.25) is 19.4 Å². The molecule has 0 aromatic carbocycles. The molecule has 2 amide bonds. The lowest BCUT2D eigenvalue weighted by atomic mass is 9.84. The fourth-order valence-corrected chi connectivity index (χ4v) is 6.48. The Balaban J connectivity index is 1.46. The van der Waals surface area contributed by atoms with Gasteiger partial charge in [-0.15, -0.1) is 16.9 Å². The largest absolute Gasteiger partial charge is 0.481 e. The Morgan fingerprint density at radius 1 is 1.53 bits per heavy atom. The number of anilines is 1. The number of carboxylic acid groups (broad SMARTS) is 1. The molecule has 2 aromatic heterocycles. The minimum absolute atomic E-state index is 0.00325. The van der Waals surface area contributed by atoms with Crippen molar-refractivity contribution in [2.75, 3.05) is 25.1 Å². The standard InChI is InChI=1S/C18H21N9O5S2/c1-8(34-17-22-25-26-23-17)18(16(30)31)6-27-14(29)12(15(27)33-7-18)21-13(28)11(24-32-2)10-5-9(19)3-4-20-10/h3-5,8,12,15H,6-7H2,1-2H3,(H2,19,20)(H,21,28)(H,30,31)(H,22,23,25,26)/t8?,12?,15-,18?/m1/s1. The van der Waals surface area contributed by atoms with E-state index in [1.165, 1.54) is 47.8 Å². The van der Waals surface area contributed by atoms with Gasteiger partial charge in [-0.05, 0) is 22.6 Å². The molecule has 2 aliphatic heterocycles. The quantitative estimate of drug-likeness (QED) is 0.150. The highest BCUT2D eigenvalue weighted by molar-refractivity contribution is 8.01. The van der Waals surface area contributed by atoms with E-state index in [-0.39, 0.29) is 29.6 Å². The highest BCUT2D eigenvalue weighted by Gasteiger charge is 2.59. The van der Waals surface area contributed by atoms with Gasteiger partial charge in [0.1, 0.15) is 23.9 Å². The SMILES string of the molecule is CON=C(C(=O)NC1C(=O)N2CC(C(=O)O)(C(C)Sc3nnn[nH]3)CS[C@H]12)c1cc(N)ccn1. The van der Waals surface area contributed by atoms with Crippen LogP contribution in [-0.4, -0.2) is 95.2 Å². The molecule has 0 aliphatic carbocycles. The van der Waals surface area contributed by atoms with Crippen LogP contribution in [0.15, 0.2) is 28.6 Å². The lowest BCUT2D eigenvalue weighted by Crippen LogP contribution is -2.74. The number of nitrogen functional groups attached to an aromatic ring is 1. The Kier molecular flexibility index (Phi) is 6.60. The third-order valence-electron chi connectivity index (χ3n) is 5.63. The summed E-state index contributed by atoms with van der Waals surface area (Å²) in [6, 6.07) is 2.19. The van der Waals surface area contributed by atoms with Gasteiger partial charge in [-0.25, -0.2) is 5.10 Å². The van der Waals surface area contributed by atoms with Crippen molar-refractivity contribution < 1.29 is 24.3 Å². The van der Waals surface area contributed by atoms with E-state index in [0.29, 0.717) is 10.8 Å². The number of H-pyrrole nitrogens is 1. The van der Waals surface area contributed by atoms with Gasteiger partial charge in [-0.1, -0.05) is 23.8 Å². The molecule has 180 valence electrons. The maximum absolute atomic E-state index is 12.9. The zero-order valence-electron chi connectivity index (χ0n) is 18.0. The van der Waals surface area contributed by atoms with Crippen LogP contribution in [0.4, 0.5) is 5.69 Å². The number of carbonyl (C=O) groups is 3. The predicted octanol–water partition coefficient (Wildman–Crippen LogP) is -0.821. The first kappa shape index (κ1) is 23.7. The second kappa shape index (κ2) is 9.46. The van der Waals surface area contributed by atoms with E-state index in [1.54, 1.807) is 13.0 Å². The summed E-state index contributed by atoms with van der Waals surface area (Å²) >= 11 is 2.49. The second-order valence-corrected chi connectivity index (χ2v) is 10.1. The van der Waals surface area contributed by atoms with Crippen LogP contribution in [0.25, 0.3) is 0 Å². The molecule has 5 N–H and O–H groups in total. The van der Waals surface area contributed by atoms with Crippen LogP contribution in [0.2, 0.25) is 0 Å². The number of rotatable bonds is 8. The normalized spacial score (nSPS) is 25.2.